The molecule has 4 heteroatoms. The lowest BCUT2D eigenvalue weighted by molar-refractivity contribution is 0.163. The molecule has 1 rings (SSSR count). The van der Waals surface area contributed by atoms with Gasteiger partial charge in [0, 0.05) is 18.3 Å². The third kappa shape index (κ3) is 3.97. The zero-order valence-electron chi connectivity index (χ0n) is 9.86. The Bertz CT molecular complexity index is 390. The molecule has 0 aliphatic carbocycles. The van der Waals surface area contributed by atoms with Gasteiger partial charge in [0.05, 0.1) is 6.10 Å². The summed E-state index contributed by atoms with van der Waals surface area (Å²) in [5.74, 6) is 0. The van der Waals surface area contributed by atoms with Crippen LogP contribution in [-0.2, 0) is 0 Å². The molecular weight excluding hydrogens is 202 g/mol. The first-order valence-electron chi connectivity index (χ1n) is 5.21. The summed E-state index contributed by atoms with van der Waals surface area (Å²) in [6.45, 7) is 6.56. The number of β-amino-alcohol motifs (C(OH)–C–C–N with tert-alkyl or cyclic N) is 1. The molecule has 0 aliphatic heterocycles. The van der Waals surface area contributed by atoms with E-state index in [9.17, 15) is 5.11 Å². The summed E-state index contributed by atoms with van der Waals surface area (Å²) in [4.78, 5) is 3.86. The quantitative estimate of drug-likeness (QED) is 0.805. The zero-order valence-corrected chi connectivity index (χ0v) is 9.86. The molecule has 0 radical (unpaired) electrons. The highest BCUT2D eigenvalue weighted by atomic mass is 16.3. The topological polar surface area (TPSA) is 68.9 Å². The third-order valence-electron chi connectivity index (χ3n) is 2.11. The van der Waals surface area contributed by atoms with Crippen LogP contribution in [0.3, 0.4) is 0 Å². The summed E-state index contributed by atoms with van der Waals surface area (Å²) in [6.07, 6.45) is 0.920. The first-order valence-corrected chi connectivity index (χ1v) is 5.21. The highest BCUT2D eigenvalue weighted by molar-refractivity contribution is 5.26. The summed E-state index contributed by atoms with van der Waals surface area (Å²) in [7, 11) is 0. The largest absolute Gasteiger partial charge is 0.387 e. The van der Waals surface area contributed by atoms with Crippen molar-refractivity contribution in [1.82, 2.24) is 10.3 Å². The Morgan fingerprint density at radius 3 is 2.81 bits per heavy atom. The van der Waals surface area contributed by atoms with Gasteiger partial charge in [-0.2, -0.15) is 5.26 Å². The van der Waals surface area contributed by atoms with E-state index in [0.717, 1.165) is 0 Å². The number of nitrogens with zero attached hydrogens (tertiary/aromatic N) is 2. The predicted molar refractivity (Wildman–Crippen MR) is 61.7 cm³/mol. The molecule has 2 N–H and O–H groups in total. The maximum atomic E-state index is 9.90. The molecule has 1 heterocycles. The molecule has 0 saturated heterocycles. The summed E-state index contributed by atoms with van der Waals surface area (Å²) < 4.78 is 0. The number of rotatable bonds is 3. The van der Waals surface area contributed by atoms with Gasteiger partial charge in [0.25, 0.3) is 0 Å². The molecule has 0 unspecified atom stereocenters. The van der Waals surface area contributed by atoms with Crippen molar-refractivity contribution in [2.75, 3.05) is 6.54 Å². The van der Waals surface area contributed by atoms with E-state index in [4.69, 9.17) is 5.26 Å². The lowest BCUT2D eigenvalue weighted by atomic mass is 10.1. The van der Waals surface area contributed by atoms with Crippen LogP contribution in [0.4, 0.5) is 0 Å². The van der Waals surface area contributed by atoms with Gasteiger partial charge in [-0.05, 0) is 38.5 Å². The number of aliphatic hydroxyl groups excluding tert-OH is 1. The second-order valence-electron chi connectivity index (χ2n) is 4.73. The van der Waals surface area contributed by atoms with Crippen LogP contribution in [0.15, 0.2) is 18.3 Å². The second kappa shape index (κ2) is 5.06. The zero-order chi connectivity index (χ0) is 12.2. The van der Waals surface area contributed by atoms with Crippen LogP contribution in [0, 0.1) is 11.3 Å². The SMILES string of the molecule is CC(C)(C)NC[C@H](O)c1ccnc(C#N)c1. The Labute approximate surface area is 95.9 Å². The normalized spacial score (nSPS) is 13.2. The van der Waals surface area contributed by atoms with E-state index >= 15 is 0 Å². The van der Waals surface area contributed by atoms with Gasteiger partial charge in [0.1, 0.15) is 11.8 Å². The minimum atomic E-state index is -0.616. The van der Waals surface area contributed by atoms with E-state index in [1.54, 1.807) is 12.1 Å². The summed E-state index contributed by atoms with van der Waals surface area (Å²) in [5.41, 5.74) is 1.00. The average Bonchev–Trinajstić information content (AvgIpc) is 2.25. The van der Waals surface area contributed by atoms with Crippen LogP contribution in [0.1, 0.15) is 38.1 Å². The molecule has 16 heavy (non-hydrogen) atoms. The van der Waals surface area contributed by atoms with Crippen LogP contribution >= 0.6 is 0 Å². The van der Waals surface area contributed by atoms with Crippen LogP contribution in [0.25, 0.3) is 0 Å². The van der Waals surface area contributed by atoms with E-state index in [0.29, 0.717) is 17.8 Å². The van der Waals surface area contributed by atoms with Gasteiger partial charge < -0.3 is 10.4 Å². The number of nitriles is 1. The molecule has 1 atom stereocenters. The predicted octanol–water partition coefficient (Wildman–Crippen LogP) is 1.37. The number of aromatic nitrogens is 1. The number of nitrogens with one attached hydrogen (secondary N) is 1. The van der Waals surface area contributed by atoms with E-state index in [1.165, 1.54) is 6.20 Å². The molecule has 0 spiro atoms. The smallest absolute Gasteiger partial charge is 0.140 e. The van der Waals surface area contributed by atoms with E-state index < -0.39 is 6.10 Å². The standard InChI is InChI=1S/C12H17N3O/c1-12(2,3)15-8-11(16)9-4-5-14-10(6-9)7-13/h4-6,11,15-16H,8H2,1-3H3/t11-/m0/s1. The number of pyridine rings is 1. The van der Waals surface area contributed by atoms with E-state index in [2.05, 4.69) is 10.3 Å². The highest BCUT2D eigenvalue weighted by Crippen LogP contribution is 2.13. The Morgan fingerprint density at radius 2 is 2.25 bits per heavy atom. The fraction of sp³-hybridized carbons (Fsp3) is 0.500. The molecule has 0 aliphatic rings. The third-order valence-corrected chi connectivity index (χ3v) is 2.11. The van der Waals surface area contributed by atoms with Gasteiger partial charge in [0.2, 0.25) is 0 Å². The average molecular weight is 219 g/mol. The molecule has 4 nitrogen and oxygen atoms in total. The first kappa shape index (κ1) is 12.6. The van der Waals surface area contributed by atoms with Gasteiger partial charge in [-0.1, -0.05) is 0 Å². The van der Waals surface area contributed by atoms with Crippen molar-refractivity contribution >= 4 is 0 Å². The van der Waals surface area contributed by atoms with Gasteiger partial charge in [-0.15, -0.1) is 0 Å². The maximum absolute atomic E-state index is 9.90. The summed E-state index contributed by atoms with van der Waals surface area (Å²) in [5, 5.41) is 21.8. The Hall–Kier alpha value is -1.44. The fourth-order valence-corrected chi connectivity index (χ4v) is 1.24. The monoisotopic (exact) mass is 219 g/mol. The molecule has 86 valence electrons. The van der Waals surface area contributed by atoms with Crippen LogP contribution < -0.4 is 5.32 Å². The number of hydrogen-bond donors (Lipinski definition) is 2. The molecule has 1 aromatic heterocycles. The van der Waals surface area contributed by atoms with Crippen molar-refractivity contribution in [1.29, 1.82) is 5.26 Å². The van der Waals surface area contributed by atoms with E-state index in [1.807, 2.05) is 26.8 Å². The Morgan fingerprint density at radius 1 is 1.56 bits per heavy atom. The van der Waals surface area contributed by atoms with Gasteiger partial charge >= 0.3 is 0 Å². The first-order chi connectivity index (χ1) is 7.42. The van der Waals surface area contributed by atoms with Crippen LogP contribution in [0.2, 0.25) is 0 Å². The minimum Gasteiger partial charge on any atom is -0.387 e. The lowest BCUT2D eigenvalue weighted by Gasteiger charge is -2.23. The summed E-state index contributed by atoms with van der Waals surface area (Å²) in [6, 6.07) is 5.28. The van der Waals surface area contributed by atoms with Crippen molar-refractivity contribution < 1.29 is 5.11 Å². The molecule has 0 aromatic carbocycles. The van der Waals surface area contributed by atoms with Gasteiger partial charge in [-0.25, -0.2) is 4.98 Å². The molecule has 0 amide bonds. The Balaban J connectivity index is 2.66. The van der Waals surface area contributed by atoms with Crippen molar-refractivity contribution in [3.05, 3.63) is 29.6 Å². The molecule has 0 fully saturated rings. The molecule has 1 aromatic rings. The van der Waals surface area contributed by atoms with Gasteiger partial charge in [0.15, 0.2) is 0 Å². The van der Waals surface area contributed by atoms with Crippen molar-refractivity contribution in [3.63, 3.8) is 0 Å². The Kier molecular flexibility index (Phi) is 3.99. The summed E-state index contributed by atoms with van der Waals surface area (Å²) >= 11 is 0. The van der Waals surface area contributed by atoms with Crippen molar-refractivity contribution in [2.45, 2.75) is 32.4 Å². The number of aliphatic hydroxyl groups is 1. The highest BCUT2D eigenvalue weighted by Gasteiger charge is 2.13. The van der Waals surface area contributed by atoms with Crippen LogP contribution in [-0.4, -0.2) is 22.2 Å². The van der Waals surface area contributed by atoms with Gasteiger partial charge in [-0.3, -0.25) is 0 Å². The lowest BCUT2D eigenvalue weighted by Crippen LogP contribution is -2.38. The van der Waals surface area contributed by atoms with Crippen LogP contribution in [0.5, 0.6) is 0 Å². The molecule has 0 saturated carbocycles. The van der Waals surface area contributed by atoms with E-state index in [-0.39, 0.29) is 5.54 Å². The minimum absolute atomic E-state index is 0.0356. The van der Waals surface area contributed by atoms with Crippen molar-refractivity contribution in [3.8, 4) is 6.07 Å². The maximum Gasteiger partial charge on any atom is 0.140 e. The second-order valence-corrected chi connectivity index (χ2v) is 4.73. The number of hydrogen-bond acceptors (Lipinski definition) is 4. The molecule has 0 bridgehead atoms. The fourth-order valence-electron chi connectivity index (χ4n) is 1.24. The molecular formula is C12H17N3O. The van der Waals surface area contributed by atoms with Crippen molar-refractivity contribution in [2.24, 2.45) is 0 Å².